The molecule has 0 fully saturated rings. The topological polar surface area (TPSA) is 0 Å². The van der Waals surface area contributed by atoms with Gasteiger partial charge in [-0.25, -0.2) is 0 Å². The number of rotatable bonds is 1. The molecule has 1 aliphatic carbocycles. The van der Waals surface area contributed by atoms with Crippen molar-refractivity contribution in [3.8, 4) is 0 Å². The Balaban J connectivity index is 2.60. The first-order valence-electron chi connectivity index (χ1n) is 6.51. The predicted octanol–water partition coefficient (Wildman–Crippen LogP) is 3.17. The fourth-order valence-corrected chi connectivity index (χ4v) is 2.86. The van der Waals surface area contributed by atoms with Gasteiger partial charge in [-0.15, -0.1) is 0 Å². The van der Waals surface area contributed by atoms with Crippen molar-refractivity contribution in [1.29, 1.82) is 0 Å². The lowest BCUT2D eigenvalue weighted by atomic mass is 9.63. The largest absolute Gasteiger partial charge is 0.107 e. The van der Waals surface area contributed by atoms with Crippen molar-refractivity contribution in [1.82, 2.24) is 0 Å². The van der Waals surface area contributed by atoms with E-state index in [2.05, 4.69) is 53.7 Å². The molecule has 1 aromatic carbocycles. The van der Waals surface area contributed by atoms with Gasteiger partial charge in [0.15, 0.2) is 0 Å². The van der Waals surface area contributed by atoms with E-state index in [0.29, 0.717) is 10.8 Å². The molecule has 1 aromatic rings. The van der Waals surface area contributed by atoms with Crippen LogP contribution in [0.25, 0.3) is 0 Å². The highest BCUT2D eigenvalue weighted by atomic mass is 14.4. The summed E-state index contributed by atoms with van der Waals surface area (Å²) in [5.41, 5.74) is 5.35. The van der Waals surface area contributed by atoms with Gasteiger partial charge in [0, 0.05) is 0 Å². The average Bonchev–Trinajstić information content (AvgIpc) is 2.24. The Hall–Kier alpha value is -0.715. The maximum absolute atomic E-state index is 2.44. The first-order valence-corrected chi connectivity index (χ1v) is 6.51. The minimum atomic E-state index is 0.357. The maximum atomic E-state index is 2.44. The van der Waals surface area contributed by atoms with E-state index in [1.807, 2.05) is 0 Å². The minimum absolute atomic E-state index is 0.357. The van der Waals surface area contributed by atoms with Crippen molar-refractivity contribution < 1.29 is 0 Å². The Morgan fingerprint density at radius 3 is 2.12 bits per heavy atom. The van der Waals surface area contributed by atoms with Crippen LogP contribution in [0.5, 0.6) is 0 Å². The molecule has 0 bridgehead atoms. The van der Waals surface area contributed by atoms with Gasteiger partial charge < -0.3 is 0 Å². The SMILES string of the molecule is BCc1ccc2c(c1)C(C)(C)CCC2(C)C. The number of fused-ring (bicyclic) bond motifs is 1. The van der Waals surface area contributed by atoms with E-state index < -0.39 is 0 Å². The summed E-state index contributed by atoms with van der Waals surface area (Å²) in [6.45, 7) is 9.54. The number of benzene rings is 1. The van der Waals surface area contributed by atoms with Crippen LogP contribution in [0.15, 0.2) is 18.2 Å². The van der Waals surface area contributed by atoms with Crippen LogP contribution in [0, 0.1) is 0 Å². The van der Waals surface area contributed by atoms with Crippen molar-refractivity contribution in [2.75, 3.05) is 0 Å². The lowest BCUT2D eigenvalue weighted by Crippen LogP contribution is -2.33. The third kappa shape index (κ3) is 1.81. The predicted molar refractivity (Wildman–Crippen MR) is 74.0 cm³/mol. The summed E-state index contributed by atoms with van der Waals surface area (Å²) in [5.74, 6) is 0. The molecule has 86 valence electrons. The summed E-state index contributed by atoms with van der Waals surface area (Å²) in [7, 11) is 2.24. The third-order valence-corrected chi connectivity index (χ3v) is 4.33. The second-order valence-corrected chi connectivity index (χ2v) is 6.50. The molecule has 0 saturated carbocycles. The first kappa shape index (κ1) is 11.8. The van der Waals surface area contributed by atoms with Gasteiger partial charge in [-0.2, -0.15) is 0 Å². The van der Waals surface area contributed by atoms with Gasteiger partial charge in [-0.1, -0.05) is 57.8 Å². The van der Waals surface area contributed by atoms with E-state index >= 15 is 0 Å². The lowest BCUT2D eigenvalue weighted by Gasteiger charge is -2.42. The minimum Gasteiger partial charge on any atom is -0.0595 e. The fraction of sp³-hybridized carbons (Fsp3) is 0.600. The molecule has 2 rings (SSSR count). The van der Waals surface area contributed by atoms with Crippen LogP contribution >= 0.6 is 0 Å². The molecule has 0 atom stereocenters. The molecule has 16 heavy (non-hydrogen) atoms. The van der Waals surface area contributed by atoms with E-state index in [9.17, 15) is 0 Å². The molecule has 0 radical (unpaired) electrons. The molecule has 0 unspecified atom stereocenters. The molecule has 0 nitrogen and oxygen atoms in total. The Kier molecular flexibility index (Phi) is 2.68. The highest BCUT2D eigenvalue weighted by Crippen LogP contribution is 2.45. The highest BCUT2D eigenvalue weighted by molar-refractivity contribution is 6.08. The zero-order valence-electron chi connectivity index (χ0n) is 11.4. The molecule has 0 saturated heterocycles. The Labute approximate surface area is 101 Å². The molecule has 0 aromatic heterocycles. The summed E-state index contributed by atoms with van der Waals surface area (Å²) in [4.78, 5) is 0. The van der Waals surface area contributed by atoms with Crippen molar-refractivity contribution in [3.63, 3.8) is 0 Å². The lowest BCUT2D eigenvalue weighted by molar-refractivity contribution is 0.331. The molecule has 0 aliphatic heterocycles. The first-order chi connectivity index (χ1) is 7.37. The van der Waals surface area contributed by atoms with Crippen molar-refractivity contribution in [3.05, 3.63) is 34.9 Å². The van der Waals surface area contributed by atoms with E-state index in [-0.39, 0.29) is 0 Å². The number of hydrogen-bond donors (Lipinski definition) is 0. The quantitative estimate of drug-likeness (QED) is 0.630. The van der Waals surface area contributed by atoms with Gasteiger partial charge in [0.25, 0.3) is 0 Å². The van der Waals surface area contributed by atoms with Gasteiger partial charge in [0.1, 0.15) is 7.85 Å². The van der Waals surface area contributed by atoms with Gasteiger partial charge in [0.05, 0.1) is 0 Å². The summed E-state index contributed by atoms with van der Waals surface area (Å²) in [6.07, 6.45) is 3.75. The van der Waals surface area contributed by atoms with Crippen LogP contribution in [0.1, 0.15) is 57.2 Å². The monoisotopic (exact) mass is 214 g/mol. The fourth-order valence-electron chi connectivity index (χ4n) is 2.86. The zero-order chi connectivity index (χ0) is 12.0. The van der Waals surface area contributed by atoms with Crippen LogP contribution in [-0.2, 0) is 17.2 Å². The number of hydrogen-bond acceptors (Lipinski definition) is 0. The molecule has 0 N–H and O–H groups in total. The third-order valence-electron chi connectivity index (χ3n) is 4.33. The maximum Gasteiger partial charge on any atom is 0.107 e. The molecular weight excluding hydrogens is 191 g/mol. The second-order valence-electron chi connectivity index (χ2n) is 6.50. The summed E-state index contributed by atoms with van der Waals surface area (Å²) >= 11 is 0. The standard InChI is InChI=1S/C15H23B/c1-14(2)7-8-15(3,4)13-9-11(10-16)5-6-12(13)14/h5-6,9H,7-8,10,16H2,1-4H3. The van der Waals surface area contributed by atoms with Crippen LogP contribution < -0.4 is 0 Å². The molecule has 0 heterocycles. The van der Waals surface area contributed by atoms with E-state index in [1.165, 1.54) is 18.4 Å². The molecule has 0 spiro atoms. The smallest absolute Gasteiger partial charge is 0.0595 e. The van der Waals surface area contributed by atoms with Crippen molar-refractivity contribution in [2.24, 2.45) is 0 Å². The zero-order valence-corrected chi connectivity index (χ0v) is 11.4. The Bertz CT molecular complexity index is 402. The summed E-state index contributed by atoms with van der Waals surface area (Å²) < 4.78 is 0. The van der Waals surface area contributed by atoms with Gasteiger partial charge >= 0.3 is 0 Å². The summed E-state index contributed by atoms with van der Waals surface area (Å²) in [6, 6.07) is 7.12. The Morgan fingerprint density at radius 2 is 1.56 bits per heavy atom. The summed E-state index contributed by atoms with van der Waals surface area (Å²) in [5, 5.41) is 0. The molecule has 1 heteroatoms. The van der Waals surface area contributed by atoms with Crippen LogP contribution in [0.4, 0.5) is 0 Å². The van der Waals surface area contributed by atoms with E-state index in [4.69, 9.17) is 0 Å². The molecule has 0 amide bonds. The van der Waals surface area contributed by atoms with E-state index in [0.717, 1.165) is 6.32 Å². The van der Waals surface area contributed by atoms with Gasteiger partial charge in [-0.3, -0.25) is 0 Å². The molecular formula is C15H23B. The Morgan fingerprint density at radius 1 is 1.00 bits per heavy atom. The normalized spacial score (nSPS) is 21.5. The van der Waals surface area contributed by atoms with Crippen LogP contribution in [0.2, 0.25) is 0 Å². The van der Waals surface area contributed by atoms with Crippen molar-refractivity contribution >= 4 is 7.85 Å². The molecule has 1 aliphatic rings. The van der Waals surface area contributed by atoms with Crippen LogP contribution in [0.3, 0.4) is 0 Å². The van der Waals surface area contributed by atoms with Crippen LogP contribution in [-0.4, -0.2) is 7.85 Å². The van der Waals surface area contributed by atoms with Gasteiger partial charge in [-0.05, 0) is 34.8 Å². The van der Waals surface area contributed by atoms with Crippen molar-refractivity contribution in [2.45, 2.75) is 57.7 Å². The van der Waals surface area contributed by atoms with E-state index in [1.54, 1.807) is 11.1 Å². The second kappa shape index (κ2) is 3.65. The van der Waals surface area contributed by atoms with Gasteiger partial charge in [0.2, 0.25) is 0 Å². The average molecular weight is 214 g/mol. The highest BCUT2D eigenvalue weighted by Gasteiger charge is 2.36.